The Morgan fingerprint density at radius 2 is 0.394 bits per heavy atom. The van der Waals surface area contributed by atoms with Gasteiger partial charge in [0.05, 0.1) is 14.7 Å². The van der Waals surface area contributed by atoms with E-state index in [1.165, 1.54) is 36.4 Å². The van der Waals surface area contributed by atoms with Gasteiger partial charge in [0.25, 0.3) is 30.4 Å². The summed E-state index contributed by atoms with van der Waals surface area (Å²) in [4.78, 5) is -0.717. The van der Waals surface area contributed by atoms with Crippen molar-refractivity contribution in [2.75, 3.05) is 0 Å². The first-order valence-corrected chi connectivity index (χ1v) is 24.8. The van der Waals surface area contributed by atoms with Crippen LogP contribution >= 0.6 is 0 Å². The molecule has 0 aliphatic rings. The molecule has 326 valence electrons. The third-order valence-corrected chi connectivity index (χ3v) is 14.1. The van der Waals surface area contributed by atoms with Crippen LogP contribution in [0, 0.1) is 0 Å². The Bertz CT molecular complexity index is 3580. The van der Waals surface area contributed by atoms with E-state index in [1.54, 1.807) is 36.4 Å². The Morgan fingerprint density at radius 3 is 0.621 bits per heavy atom. The van der Waals surface area contributed by atoms with Crippen molar-refractivity contribution in [1.29, 1.82) is 0 Å². The van der Waals surface area contributed by atoms with Crippen LogP contribution in [0.3, 0.4) is 0 Å². The summed E-state index contributed by atoms with van der Waals surface area (Å²) in [6.45, 7) is 0. The summed E-state index contributed by atoms with van der Waals surface area (Å²) in [6.07, 6.45) is 0. The van der Waals surface area contributed by atoms with Gasteiger partial charge >= 0.3 is 0 Å². The standard InChI is InChI=1S/C54H38O9S3/c55-64(56,57)44-26-20-37(21-27-44)48-33-32-47(36-10-4-1-5-11-36)53(51(48)40-12-6-2-7-13-40)42-16-18-43(19-17-42)54-50(39-24-30-46(31-25-39)66(61,62)63)35-34-49(52(54)41-14-8-3-9-15-41)38-22-28-45(29-23-38)65(58,59)60/h1-35H,(H,55,56,57)(H,58,59,60)(H,61,62,63). The van der Waals surface area contributed by atoms with Gasteiger partial charge in [-0.25, -0.2) is 0 Å². The van der Waals surface area contributed by atoms with Gasteiger partial charge < -0.3 is 0 Å². The first kappa shape index (κ1) is 43.9. The molecule has 0 heterocycles. The maximum atomic E-state index is 12.1. The van der Waals surface area contributed by atoms with E-state index in [-0.39, 0.29) is 14.7 Å². The zero-order valence-electron chi connectivity index (χ0n) is 34.7. The highest BCUT2D eigenvalue weighted by Crippen LogP contribution is 2.49. The second kappa shape index (κ2) is 17.6. The maximum absolute atomic E-state index is 12.1. The highest BCUT2D eigenvalue weighted by molar-refractivity contribution is 7.86. The average Bonchev–Trinajstić information content (AvgIpc) is 3.33. The molecular weight excluding hydrogens is 889 g/mol. The third kappa shape index (κ3) is 8.89. The summed E-state index contributed by atoms with van der Waals surface area (Å²) in [5, 5.41) is 0. The van der Waals surface area contributed by atoms with E-state index in [4.69, 9.17) is 0 Å². The summed E-state index contributed by atoms with van der Waals surface area (Å²) >= 11 is 0. The molecule has 0 amide bonds. The van der Waals surface area contributed by atoms with Crippen molar-refractivity contribution in [2.24, 2.45) is 0 Å². The van der Waals surface area contributed by atoms with E-state index in [0.29, 0.717) is 11.1 Å². The highest BCUT2D eigenvalue weighted by Gasteiger charge is 2.23. The fourth-order valence-corrected chi connectivity index (χ4v) is 9.86. The first-order valence-electron chi connectivity index (χ1n) is 20.5. The van der Waals surface area contributed by atoms with Crippen molar-refractivity contribution in [3.8, 4) is 89.0 Å². The molecule has 0 fully saturated rings. The molecule has 0 spiro atoms. The van der Waals surface area contributed by atoms with Gasteiger partial charge in [-0.3, -0.25) is 13.7 Å². The number of benzene rings is 9. The number of hydrogen-bond acceptors (Lipinski definition) is 6. The van der Waals surface area contributed by atoms with Gasteiger partial charge in [0.1, 0.15) is 0 Å². The number of hydrogen-bond donors (Lipinski definition) is 3. The normalized spacial score (nSPS) is 11.9. The molecule has 0 saturated heterocycles. The van der Waals surface area contributed by atoms with Crippen molar-refractivity contribution < 1.29 is 38.9 Å². The average molecular weight is 927 g/mol. The molecule has 9 aromatic rings. The van der Waals surface area contributed by atoms with E-state index in [2.05, 4.69) is 6.07 Å². The van der Waals surface area contributed by atoms with Crippen LogP contribution in [0.2, 0.25) is 0 Å². The quantitative estimate of drug-likeness (QED) is 0.107. The van der Waals surface area contributed by atoms with Crippen LogP contribution in [0.25, 0.3) is 89.0 Å². The smallest absolute Gasteiger partial charge is 0.282 e. The Morgan fingerprint density at radius 1 is 0.212 bits per heavy atom. The summed E-state index contributed by atoms with van der Waals surface area (Å²) < 4.78 is 102. The minimum Gasteiger partial charge on any atom is -0.282 e. The summed E-state index contributed by atoms with van der Waals surface area (Å²) in [5.74, 6) is 0. The van der Waals surface area contributed by atoms with Crippen LogP contribution in [0.1, 0.15) is 0 Å². The van der Waals surface area contributed by atoms with Crippen LogP contribution in [-0.4, -0.2) is 38.9 Å². The minimum atomic E-state index is -4.47. The molecule has 0 aliphatic heterocycles. The van der Waals surface area contributed by atoms with Crippen molar-refractivity contribution in [1.82, 2.24) is 0 Å². The van der Waals surface area contributed by atoms with E-state index >= 15 is 0 Å². The second-order valence-electron chi connectivity index (χ2n) is 15.5. The summed E-state index contributed by atoms with van der Waals surface area (Å²) in [7, 11) is -13.4. The predicted octanol–water partition coefficient (Wildman–Crippen LogP) is 12.8. The van der Waals surface area contributed by atoms with Crippen LogP contribution < -0.4 is 0 Å². The zero-order chi connectivity index (χ0) is 46.2. The molecule has 0 saturated carbocycles. The molecular formula is C54H38O9S3. The Balaban J connectivity index is 1.31. The molecule has 0 aromatic heterocycles. The van der Waals surface area contributed by atoms with Gasteiger partial charge in [-0.1, -0.05) is 176 Å². The molecule has 0 atom stereocenters. The van der Waals surface area contributed by atoms with Crippen LogP contribution in [0.5, 0.6) is 0 Å². The van der Waals surface area contributed by atoms with Crippen LogP contribution in [0.4, 0.5) is 0 Å². The molecule has 9 nitrogen and oxygen atoms in total. The van der Waals surface area contributed by atoms with Crippen LogP contribution in [-0.2, 0) is 30.4 Å². The van der Waals surface area contributed by atoms with Gasteiger partial charge in [0.15, 0.2) is 0 Å². The molecule has 9 rings (SSSR count). The lowest BCUT2D eigenvalue weighted by atomic mass is 9.81. The van der Waals surface area contributed by atoms with Gasteiger partial charge in [-0.05, 0) is 125 Å². The molecule has 9 aromatic carbocycles. The lowest BCUT2D eigenvalue weighted by Gasteiger charge is -2.22. The van der Waals surface area contributed by atoms with Gasteiger partial charge in [0, 0.05) is 0 Å². The van der Waals surface area contributed by atoms with Crippen molar-refractivity contribution in [2.45, 2.75) is 14.7 Å². The Kier molecular flexibility index (Phi) is 11.7. The largest absolute Gasteiger partial charge is 0.294 e. The van der Waals surface area contributed by atoms with Crippen LogP contribution in [0.15, 0.2) is 227 Å². The van der Waals surface area contributed by atoms with Crippen molar-refractivity contribution >= 4 is 30.4 Å². The molecule has 66 heavy (non-hydrogen) atoms. The van der Waals surface area contributed by atoms with E-state index in [0.717, 1.165) is 77.9 Å². The van der Waals surface area contributed by atoms with E-state index in [9.17, 15) is 38.9 Å². The molecule has 0 bridgehead atoms. The third-order valence-electron chi connectivity index (χ3n) is 11.5. The topological polar surface area (TPSA) is 163 Å². The minimum absolute atomic E-state index is 0.216. The molecule has 12 heteroatoms. The van der Waals surface area contributed by atoms with E-state index in [1.807, 2.05) is 133 Å². The first-order chi connectivity index (χ1) is 31.6. The van der Waals surface area contributed by atoms with Gasteiger partial charge in [0.2, 0.25) is 0 Å². The fourth-order valence-electron chi connectivity index (χ4n) is 8.42. The lowest BCUT2D eigenvalue weighted by Crippen LogP contribution is -1.99. The van der Waals surface area contributed by atoms with Crippen molar-refractivity contribution in [3.05, 3.63) is 212 Å². The van der Waals surface area contributed by atoms with Gasteiger partial charge in [-0.15, -0.1) is 0 Å². The SMILES string of the molecule is O=S(=O)(O)c1ccc(-c2ccc(-c3ccccc3)c(-c3ccc(-c4c(-c5ccc(S(=O)(=O)O)cc5)ccc(-c5ccc(S(=O)(=O)O)cc5)c4-c4ccccc4)cc3)c2-c2ccccc2)cc1. The molecule has 3 N–H and O–H groups in total. The number of rotatable bonds is 11. The summed E-state index contributed by atoms with van der Waals surface area (Å²) in [5.41, 5.74) is 13.1. The molecule has 0 unspecified atom stereocenters. The maximum Gasteiger partial charge on any atom is 0.294 e. The summed E-state index contributed by atoms with van der Waals surface area (Å²) in [6, 6.07) is 63.7. The Hall–Kier alpha value is -7.29. The van der Waals surface area contributed by atoms with Crippen molar-refractivity contribution in [3.63, 3.8) is 0 Å². The fraction of sp³-hybridized carbons (Fsp3) is 0. The van der Waals surface area contributed by atoms with E-state index < -0.39 is 30.4 Å². The predicted molar refractivity (Wildman–Crippen MR) is 259 cm³/mol. The zero-order valence-corrected chi connectivity index (χ0v) is 37.2. The molecule has 0 radical (unpaired) electrons. The lowest BCUT2D eigenvalue weighted by molar-refractivity contribution is 0.481. The molecule has 0 aliphatic carbocycles. The second-order valence-corrected chi connectivity index (χ2v) is 19.8. The highest BCUT2D eigenvalue weighted by atomic mass is 32.2. The van der Waals surface area contributed by atoms with Gasteiger partial charge in [-0.2, -0.15) is 25.3 Å². The monoisotopic (exact) mass is 926 g/mol. The Labute approximate surface area is 383 Å².